The van der Waals surface area contributed by atoms with Gasteiger partial charge in [-0.05, 0) is 72.6 Å². The molecule has 29 heavy (non-hydrogen) atoms. The van der Waals surface area contributed by atoms with Gasteiger partial charge in [0, 0.05) is 25.0 Å². The van der Waals surface area contributed by atoms with Crippen LogP contribution >= 0.6 is 0 Å². The van der Waals surface area contributed by atoms with Crippen LogP contribution in [0.2, 0.25) is 18.1 Å². The van der Waals surface area contributed by atoms with Gasteiger partial charge in [0.2, 0.25) is 0 Å². The summed E-state index contributed by atoms with van der Waals surface area (Å²) >= 11 is 0. The summed E-state index contributed by atoms with van der Waals surface area (Å²) in [4.78, 5) is 6.73. The average molecular weight is 412 g/mol. The second-order valence-corrected chi connectivity index (χ2v) is 14.8. The average Bonchev–Trinajstić information content (AvgIpc) is 2.68. The van der Waals surface area contributed by atoms with Crippen LogP contribution in [0, 0.1) is 5.92 Å². The molecule has 1 fully saturated rings. The molecule has 0 amide bonds. The molecule has 0 radical (unpaired) electrons. The van der Waals surface area contributed by atoms with E-state index in [1.807, 2.05) is 12.3 Å². The first kappa shape index (κ1) is 21.8. The third-order valence-corrected chi connectivity index (χ3v) is 11.2. The topological polar surface area (TPSA) is 51.4 Å². The number of rotatable bonds is 6. The van der Waals surface area contributed by atoms with Gasteiger partial charge in [-0.25, -0.2) is 4.98 Å². The van der Waals surface area contributed by atoms with Crippen molar-refractivity contribution in [2.75, 3.05) is 23.7 Å². The van der Waals surface area contributed by atoms with Crippen molar-refractivity contribution in [3.05, 3.63) is 53.7 Å². The van der Waals surface area contributed by atoms with Gasteiger partial charge in [0.1, 0.15) is 5.82 Å². The fourth-order valence-electron chi connectivity index (χ4n) is 3.57. The Morgan fingerprint density at radius 2 is 1.66 bits per heavy atom. The molecule has 1 saturated heterocycles. The summed E-state index contributed by atoms with van der Waals surface area (Å²) in [6.45, 7) is 14.4. The highest BCUT2D eigenvalue weighted by Crippen LogP contribution is 2.37. The van der Waals surface area contributed by atoms with Crippen molar-refractivity contribution in [3.63, 3.8) is 0 Å². The van der Waals surface area contributed by atoms with Crippen LogP contribution in [0.1, 0.15) is 44.7 Å². The number of hydrogen-bond acceptors (Lipinski definition) is 4. The summed E-state index contributed by atoms with van der Waals surface area (Å²) in [5, 5.41) is 0.250. The monoisotopic (exact) mass is 411 g/mol. The zero-order chi connectivity index (χ0) is 21.1. The third kappa shape index (κ3) is 5.83. The number of aromatic nitrogens is 1. The minimum atomic E-state index is -1.70. The molecule has 0 bridgehead atoms. The Kier molecular flexibility index (Phi) is 6.69. The number of nitrogens with two attached hydrogens (primary N) is 1. The van der Waals surface area contributed by atoms with Crippen molar-refractivity contribution >= 4 is 19.8 Å². The number of nitrogens with zero attached hydrogens (tertiary/aromatic N) is 2. The van der Waals surface area contributed by atoms with Gasteiger partial charge in [0.05, 0.1) is 6.61 Å². The third-order valence-electron chi connectivity index (χ3n) is 6.69. The Morgan fingerprint density at radius 1 is 1.03 bits per heavy atom. The van der Waals surface area contributed by atoms with Crippen molar-refractivity contribution in [1.82, 2.24) is 4.98 Å². The molecule has 1 aromatic heterocycles. The smallest absolute Gasteiger partial charge is 0.192 e. The molecule has 158 valence electrons. The molecule has 1 aliphatic rings. The van der Waals surface area contributed by atoms with Crippen LogP contribution in [0.4, 0.5) is 11.5 Å². The standard InChI is InChI=1S/C24H37N3OSi/c1-24(2,3)29(4,5)28-18-20-6-9-22(10-7-20)27-14-12-19(13-15-27)16-21-8-11-23(25)26-17-21/h6-11,17,19H,12-16,18H2,1-5H3,(H2,25,26). The van der Waals surface area contributed by atoms with E-state index in [-0.39, 0.29) is 5.04 Å². The van der Waals surface area contributed by atoms with E-state index in [9.17, 15) is 0 Å². The number of anilines is 2. The van der Waals surface area contributed by atoms with Crippen LogP contribution in [0.25, 0.3) is 0 Å². The molecule has 1 aliphatic heterocycles. The fourth-order valence-corrected chi connectivity index (χ4v) is 4.53. The predicted molar refractivity (Wildman–Crippen MR) is 126 cm³/mol. The van der Waals surface area contributed by atoms with Crippen LogP contribution in [-0.4, -0.2) is 26.4 Å². The molecule has 5 heteroatoms. The molecule has 0 saturated carbocycles. The first-order chi connectivity index (χ1) is 13.6. The first-order valence-electron chi connectivity index (χ1n) is 10.8. The zero-order valence-electron chi connectivity index (χ0n) is 18.7. The van der Waals surface area contributed by atoms with E-state index >= 15 is 0 Å². The van der Waals surface area contributed by atoms with Gasteiger partial charge in [0.15, 0.2) is 8.32 Å². The summed E-state index contributed by atoms with van der Waals surface area (Å²) in [5.41, 5.74) is 9.58. The number of pyridine rings is 1. The number of benzene rings is 1. The molecule has 0 unspecified atom stereocenters. The van der Waals surface area contributed by atoms with E-state index in [1.54, 1.807) is 0 Å². The lowest BCUT2D eigenvalue weighted by Crippen LogP contribution is -2.40. The van der Waals surface area contributed by atoms with Gasteiger partial charge in [-0.3, -0.25) is 0 Å². The number of hydrogen-bond donors (Lipinski definition) is 1. The van der Waals surface area contributed by atoms with E-state index < -0.39 is 8.32 Å². The van der Waals surface area contributed by atoms with E-state index in [0.29, 0.717) is 12.4 Å². The molecule has 2 N–H and O–H groups in total. The van der Waals surface area contributed by atoms with Crippen LogP contribution in [0.15, 0.2) is 42.6 Å². The molecule has 0 atom stereocenters. The van der Waals surface area contributed by atoms with Crippen molar-refractivity contribution < 1.29 is 4.43 Å². The van der Waals surface area contributed by atoms with Crippen LogP contribution in [-0.2, 0) is 17.5 Å². The van der Waals surface area contributed by atoms with Gasteiger partial charge in [0.25, 0.3) is 0 Å². The Bertz CT molecular complexity index is 773. The lowest BCUT2D eigenvalue weighted by Gasteiger charge is -2.36. The van der Waals surface area contributed by atoms with Crippen molar-refractivity contribution in [2.24, 2.45) is 5.92 Å². The van der Waals surface area contributed by atoms with Crippen LogP contribution in [0.5, 0.6) is 0 Å². The Labute approximate surface area is 177 Å². The quantitative estimate of drug-likeness (QED) is 0.625. The van der Waals surface area contributed by atoms with Gasteiger partial charge in [-0.15, -0.1) is 0 Å². The normalized spacial score (nSPS) is 16.2. The zero-order valence-corrected chi connectivity index (χ0v) is 19.7. The van der Waals surface area contributed by atoms with E-state index in [2.05, 4.69) is 74.1 Å². The lowest BCUT2D eigenvalue weighted by atomic mass is 9.90. The fraction of sp³-hybridized carbons (Fsp3) is 0.542. The number of nitrogen functional groups attached to an aromatic ring is 1. The second kappa shape index (κ2) is 8.88. The maximum absolute atomic E-state index is 6.36. The van der Waals surface area contributed by atoms with Gasteiger partial charge in [-0.1, -0.05) is 39.0 Å². The maximum atomic E-state index is 6.36. The molecule has 2 heterocycles. The van der Waals surface area contributed by atoms with Gasteiger partial charge < -0.3 is 15.1 Å². The molecular formula is C24H37N3OSi. The Morgan fingerprint density at radius 3 is 2.21 bits per heavy atom. The lowest BCUT2D eigenvalue weighted by molar-refractivity contribution is 0.276. The highest BCUT2D eigenvalue weighted by atomic mass is 28.4. The molecule has 0 aliphatic carbocycles. The van der Waals surface area contributed by atoms with Crippen LogP contribution < -0.4 is 10.6 Å². The van der Waals surface area contributed by atoms with Gasteiger partial charge >= 0.3 is 0 Å². The molecular weight excluding hydrogens is 374 g/mol. The highest BCUT2D eigenvalue weighted by molar-refractivity contribution is 6.74. The molecule has 1 aromatic carbocycles. The maximum Gasteiger partial charge on any atom is 0.192 e. The van der Waals surface area contributed by atoms with E-state index in [0.717, 1.165) is 25.4 Å². The van der Waals surface area contributed by atoms with Gasteiger partial charge in [-0.2, -0.15) is 0 Å². The highest BCUT2D eigenvalue weighted by Gasteiger charge is 2.37. The Hall–Kier alpha value is -1.85. The first-order valence-corrected chi connectivity index (χ1v) is 13.7. The molecule has 2 aromatic rings. The minimum Gasteiger partial charge on any atom is -0.413 e. The summed E-state index contributed by atoms with van der Waals surface area (Å²) in [7, 11) is -1.70. The summed E-state index contributed by atoms with van der Waals surface area (Å²) < 4.78 is 6.36. The summed E-state index contributed by atoms with van der Waals surface area (Å²) in [6.07, 6.45) is 5.47. The second-order valence-electron chi connectivity index (χ2n) is 9.94. The molecule has 3 rings (SSSR count). The molecule has 4 nitrogen and oxygen atoms in total. The van der Waals surface area contributed by atoms with Crippen LogP contribution in [0.3, 0.4) is 0 Å². The van der Waals surface area contributed by atoms with Crippen molar-refractivity contribution in [1.29, 1.82) is 0 Å². The predicted octanol–water partition coefficient (Wildman–Crippen LogP) is 5.64. The summed E-state index contributed by atoms with van der Waals surface area (Å²) in [5.74, 6) is 1.33. The van der Waals surface area contributed by atoms with Crippen molar-refractivity contribution in [3.8, 4) is 0 Å². The van der Waals surface area contributed by atoms with E-state index in [4.69, 9.17) is 10.2 Å². The summed E-state index contributed by atoms with van der Waals surface area (Å²) in [6, 6.07) is 13.0. The van der Waals surface area contributed by atoms with Crippen molar-refractivity contribution in [2.45, 2.75) is 64.8 Å². The van der Waals surface area contributed by atoms with E-state index in [1.165, 1.54) is 29.7 Å². The SMILES string of the molecule is CC(C)(C)[Si](C)(C)OCc1ccc(N2CCC(Cc3ccc(N)nc3)CC2)cc1. The minimum absolute atomic E-state index is 0.250. The molecule has 0 spiro atoms. The number of piperidine rings is 1. The largest absolute Gasteiger partial charge is 0.413 e. The Balaban J connectivity index is 1.49.